The van der Waals surface area contributed by atoms with E-state index < -0.39 is 0 Å². The van der Waals surface area contributed by atoms with Crippen molar-refractivity contribution in [3.63, 3.8) is 0 Å². The molecule has 0 radical (unpaired) electrons. The fourth-order valence-corrected chi connectivity index (χ4v) is 2.55. The Balaban J connectivity index is 1.93. The summed E-state index contributed by atoms with van der Waals surface area (Å²) in [6.45, 7) is 4.30. The van der Waals surface area contributed by atoms with Crippen LogP contribution in [0.3, 0.4) is 0 Å². The van der Waals surface area contributed by atoms with Gasteiger partial charge >= 0.3 is 0 Å². The molecule has 6 nitrogen and oxygen atoms in total. The third kappa shape index (κ3) is 5.37. The van der Waals surface area contributed by atoms with E-state index in [1.54, 1.807) is 13.1 Å². The van der Waals surface area contributed by atoms with E-state index in [1.165, 1.54) is 19.0 Å². The zero-order valence-corrected chi connectivity index (χ0v) is 15.0. The predicted molar refractivity (Wildman–Crippen MR) is 92.2 cm³/mol. The lowest BCUT2D eigenvalue weighted by molar-refractivity contribution is -0.124. The van der Waals surface area contributed by atoms with E-state index in [9.17, 15) is 9.59 Å². The van der Waals surface area contributed by atoms with Crippen LogP contribution in [0.1, 0.15) is 43.6 Å². The topological polar surface area (TPSA) is 80.3 Å². The summed E-state index contributed by atoms with van der Waals surface area (Å²) in [7, 11) is 1.60. The van der Waals surface area contributed by atoms with Gasteiger partial charge < -0.3 is 15.4 Å². The summed E-state index contributed by atoms with van der Waals surface area (Å²) in [6, 6.07) is 1.41. The number of carbonyl (C=O) groups is 2. The molecule has 2 rings (SSSR count). The van der Waals surface area contributed by atoms with Gasteiger partial charge in [0, 0.05) is 25.1 Å². The predicted octanol–water partition coefficient (Wildman–Crippen LogP) is 2.41. The molecule has 132 valence electrons. The van der Waals surface area contributed by atoms with Crippen molar-refractivity contribution >= 4 is 23.4 Å². The number of carbonyl (C=O) groups excluding carboxylic acids is 2. The number of aromatic nitrogens is 1. The highest BCUT2D eigenvalue weighted by Crippen LogP contribution is 2.31. The quantitative estimate of drug-likeness (QED) is 0.752. The zero-order valence-electron chi connectivity index (χ0n) is 14.3. The number of pyridine rings is 1. The molecular formula is C17H24ClN3O3. The lowest BCUT2D eigenvalue weighted by Gasteiger charge is -2.17. The largest absolute Gasteiger partial charge is 0.492 e. The Hall–Kier alpha value is -1.82. The molecule has 1 aromatic heterocycles. The molecule has 2 atom stereocenters. The first kappa shape index (κ1) is 18.5. The summed E-state index contributed by atoms with van der Waals surface area (Å²) in [5, 5.41) is 5.85. The van der Waals surface area contributed by atoms with Crippen LogP contribution in [-0.4, -0.2) is 36.5 Å². The van der Waals surface area contributed by atoms with E-state index in [2.05, 4.69) is 15.6 Å². The Morgan fingerprint density at radius 1 is 1.42 bits per heavy atom. The van der Waals surface area contributed by atoms with Gasteiger partial charge in [0.15, 0.2) is 0 Å². The molecule has 0 spiro atoms. The molecule has 1 aromatic rings. The molecule has 1 saturated carbocycles. The van der Waals surface area contributed by atoms with Crippen molar-refractivity contribution in [2.45, 2.75) is 39.2 Å². The maximum atomic E-state index is 12.3. The Labute approximate surface area is 147 Å². The Kier molecular flexibility index (Phi) is 6.43. The van der Waals surface area contributed by atoms with Crippen LogP contribution in [0, 0.1) is 11.8 Å². The van der Waals surface area contributed by atoms with Gasteiger partial charge in [0.1, 0.15) is 16.5 Å². The van der Waals surface area contributed by atoms with Crippen LogP contribution in [0.25, 0.3) is 0 Å². The molecule has 0 aliphatic heterocycles. The lowest BCUT2D eigenvalue weighted by atomic mass is 10.0. The van der Waals surface area contributed by atoms with Gasteiger partial charge in [-0.1, -0.05) is 18.5 Å². The SMILES string of the molecule is CNC(=O)[C@@H](C)C[C@H](C)NC(=O)c1cc(OCC2CC2)c(Cl)cn1. The third-order valence-electron chi connectivity index (χ3n) is 4.00. The van der Waals surface area contributed by atoms with E-state index >= 15 is 0 Å². The molecule has 1 heterocycles. The van der Waals surface area contributed by atoms with Gasteiger partial charge in [0.05, 0.1) is 12.8 Å². The van der Waals surface area contributed by atoms with E-state index in [-0.39, 0.29) is 29.5 Å². The summed E-state index contributed by atoms with van der Waals surface area (Å²) >= 11 is 6.07. The highest BCUT2D eigenvalue weighted by Gasteiger charge is 2.23. The smallest absolute Gasteiger partial charge is 0.270 e. The van der Waals surface area contributed by atoms with Crippen LogP contribution < -0.4 is 15.4 Å². The molecule has 2 N–H and O–H groups in total. The number of nitrogens with zero attached hydrogens (tertiary/aromatic N) is 1. The van der Waals surface area contributed by atoms with Crippen molar-refractivity contribution < 1.29 is 14.3 Å². The first-order valence-corrected chi connectivity index (χ1v) is 8.59. The number of rotatable bonds is 8. The van der Waals surface area contributed by atoms with E-state index in [0.717, 1.165) is 0 Å². The standard InChI is InChI=1S/C17H24ClN3O3/c1-10(16(22)19-3)6-11(2)21-17(23)14-7-15(13(18)8-20-14)24-9-12-4-5-12/h7-8,10-12H,4-6,9H2,1-3H3,(H,19,22)(H,21,23)/t10-,11-/m0/s1. The second-order valence-electron chi connectivity index (χ2n) is 6.38. The molecule has 0 bridgehead atoms. The Bertz CT molecular complexity index is 605. The van der Waals surface area contributed by atoms with Crippen LogP contribution in [-0.2, 0) is 4.79 Å². The van der Waals surface area contributed by atoms with Gasteiger partial charge in [0.2, 0.25) is 5.91 Å². The monoisotopic (exact) mass is 353 g/mol. The summed E-state index contributed by atoms with van der Waals surface area (Å²) in [6.07, 6.45) is 4.33. The molecule has 1 aliphatic rings. The fourth-order valence-electron chi connectivity index (χ4n) is 2.39. The molecule has 0 saturated heterocycles. The Morgan fingerprint density at radius 2 is 2.12 bits per heavy atom. The zero-order chi connectivity index (χ0) is 17.7. The van der Waals surface area contributed by atoms with E-state index in [4.69, 9.17) is 16.3 Å². The second-order valence-corrected chi connectivity index (χ2v) is 6.79. The maximum Gasteiger partial charge on any atom is 0.270 e. The molecule has 1 aliphatic carbocycles. The average molecular weight is 354 g/mol. The van der Waals surface area contributed by atoms with Crippen molar-refractivity contribution in [2.24, 2.45) is 11.8 Å². The fraction of sp³-hybridized carbons (Fsp3) is 0.588. The van der Waals surface area contributed by atoms with Gasteiger partial charge in [-0.3, -0.25) is 9.59 Å². The first-order chi connectivity index (χ1) is 11.4. The van der Waals surface area contributed by atoms with Crippen molar-refractivity contribution in [3.05, 3.63) is 23.0 Å². The number of nitrogens with one attached hydrogen (secondary N) is 2. The minimum Gasteiger partial charge on any atom is -0.492 e. The van der Waals surface area contributed by atoms with E-state index in [0.29, 0.717) is 29.7 Å². The maximum absolute atomic E-state index is 12.3. The van der Waals surface area contributed by atoms with Crippen LogP contribution in [0.4, 0.5) is 0 Å². The minimum atomic E-state index is -0.306. The first-order valence-electron chi connectivity index (χ1n) is 8.21. The van der Waals surface area contributed by atoms with E-state index in [1.807, 2.05) is 13.8 Å². The normalized spacial score (nSPS) is 16.2. The van der Waals surface area contributed by atoms with Gasteiger partial charge in [-0.25, -0.2) is 4.98 Å². The number of ether oxygens (including phenoxy) is 1. The van der Waals surface area contributed by atoms with Crippen molar-refractivity contribution in [1.29, 1.82) is 0 Å². The summed E-state index contributed by atoms with van der Waals surface area (Å²) < 4.78 is 5.66. The molecule has 7 heteroatoms. The summed E-state index contributed by atoms with van der Waals surface area (Å²) in [5.74, 6) is 0.546. The van der Waals surface area contributed by atoms with Crippen LogP contribution in [0.15, 0.2) is 12.3 Å². The number of amides is 2. The molecular weight excluding hydrogens is 330 g/mol. The average Bonchev–Trinajstić information content (AvgIpc) is 3.37. The highest BCUT2D eigenvalue weighted by atomic mass is 35.5. The molecule has 24 heavy (non-hydrogen) atoms. The van der Waals surface area contributed by atoms with Gasteiger partial charge in [-0.2, -0.15) is 0 Å². The lowest BCUT2D eigenvalue weighted by Crippen LogP contribution is -2.37. The summed E-state index contributed by atoms with van der Waals surface area (Å²) in [4.78, 5) is 27.9. The van der Waals surface area contributed by atoms with Crippen molar-refractivity contribution in [3.8, 4) is 5.75 Å². The number of hydrogen-bond acceptors (Lipinski definition) is 4. The second kappa shape index (κ2) is 8.33. The number of halogens is 1. The summed E-state index contributed by atoms with van der Waals surface area (Å²) in [5.41, 5.74) is 0.254. The van der Waals surface area contributed by atoms with Crippen LogP contribution >= 0.6 is 11.6 Å². The highest BCUT2D eigenvalue weighted by molar-refractivity contribution is 6.32. The van der Waals surface area contributed by atoms with Crippen LogP contribution in [0.2, 0.25) is 5.02 Å². The number of hydrogen-bond donors (Lipinski definition) is 2. The molecule has 0 aromatic carbocycles. The molecule has 0 unspecified atom stereocenters. The van der Waals surface area contributed by atoms with Gasteiger partial charge in [-0.05, 0) is 32.1 Å². The van der Waals surface area contributed by atoms with Crippen molar-refractivity contribution in [1.82, 2.24) is 15.6 Å². The third-order valence-corrected chi connectivity index (χ3v) is 4.29. The minimum absolute atomic E-state index is 0.0449. The van der Waals surface area contributed by atoms with Crippen LogP contribution in [0.5, 0.6) is 5.75 Å². The Morgan fingerprint density at radius 3 is 2.75 bits per heavy atom. The van der Waals surface area contributed by atoms with Gasteiger partial charge in [-0.15, -0.1) is 0 Å². The van der Waals surface area contributed by atoms with Crippen molar-refractivity contribution in [2.75, 3.05) is 13.7 Å². The van der Waals surface area contributed by atoms with Gasteiger partial charge in [0.25, 0.3) is 5.91 Å². The molecule has 2 amide bonds. The molecule has 1 fully saturated rings.